The van der Waals surface area contributed by atoms with Gasteiger partial charge in [-0.2, -0.15) is 13.2 Å². The molecule has 0 aliphatic heterocycles. The van der Waals surface area contributed by atoms with Crippen LogP contribution in [-0.2, 0) is 0 Å². The zero-order valence-corrected chi connectivity index (χ0v) is 12.6. The summed E-state index contributed by atoms with van der Waals surface area (Å²) in [6, 6.07) is 9.42. The van der Waals surface area contributed by atoms with Gasteiger partial charge in [-0.3, -0.25) is 4.99 Å². The molecule has 0 amide bonds. The molecule has 1 rings (SSSR count). The number of rotatable bonds is 8. The number of hydrogen-bond acceptors (Lipinski definition) is 2. The monoisotopic (exact) mass is 317 g/mol. The van der Waals surface area contributed by atoms with Gasteiger partial charge in [0.25, 0.3) is 0 Å². The first-order valence-corrected chi connectivity index (χ1v) is 7.28. The van der Waals surface area contributed by atoms with Crippen molar-refractivity contribution >= 4 is 5.96 Å². The van der Waals surface area contributed by atoms with Crippen molar-refractivity contribution in [1.29, 1.82) is 0 Å². The fourth-order valence-electron chi connectivity index (χ4n) is 1.63. The van der Waals surface area contributed by atoms with Crippen LogP contribution in [0.15, 0.2) is 35.3 Å². The topological polar surface area (TPSA) is 45.7 Å². The van der Waals surface area contributed by atoms with Gasteiger partial charge in [0.05, 0.1) is 13.0 Å². The second-order valence-corrected chi connectivity index (χ2v) is 4.57. The van der Waals surface area contributed by atoms with Crippen molar-refractivity contribution in [3.05, 3.63) is 30.3 Å². The maximum atomic E-state index is 12.1. The molecule has 0 aromatic heterocycles. The van der Waals surface area contributed by atoms with Crippen molar-refractivity contribution in [2.75, 3.05) is 26.2 Å². The van der Waals surface area contributed by atoms with Crippen molar-refractivity contribution in [1.82, 2.24) is 10.6 Å². The van der Waals surface area contributed by atoms with Gasteiger partial charge in [0.1, 0.15) is 5.75 Å². The molecule has 0 unspecified atom stereocenters. The standard InChI is InChI=1S/C15H22F3N3O/c1-2-19-14(21-11-9-15(16,17)18)20-10-6-12-22-13-7-4-3-5-8-13/h3-5,7-8H,2,6,9-12H2,1H3,(H2,19,20,21). The van der Waals surface area contributed by atoms with Gasteiger partial charge >= 0.3 is 6.18 Å². The van der Waals surface area contributed by atoms with E-state index in [2.05, 4.69) is 15.6 Å². The molecule has 1 aromatic carbocycles. The number of guanidine groups is 1. The summed E-state index contributed by atoms with van der Waals surface area (Å²) in [7, 11) is 0. The molecule has 0 radical (unpaired) electrons. The minimum atomic E-state index is -4.16. The first kappa shape index (κ1) is 18.1. The van der Waals surface area contributed by atoms with E-state index in [1.807, 2.05) is 37.3 Å². The Bertz CT molecular complexity index is 435. The summed E-state index contributed by atoms with van der Waals surface area (Å²) in [5, 5.41) is 5.57. The smallest absolute Gasteiger partial charge is 0.390 e. The minimum Gasteiger partial charge on any atom is -0.494 e. The second kappa shape index (κ2) is 9.92. The van der Waals surface area contributed by atoms with Crippen molar-refractivity contribution in [3.8, 4) is 5.75 Å². The Balaban J connectivity index is 2.24. The van der Waals surface area contributed by atoms with E-state index in [0.717, 1.165) is 5.75 Å². The molecule has 22 heavy (non-hydrogen) atoms. The van der Waals surface area contributed by atoms with E-state index in [1.165, 1.54) is 0 Å². The zero-order valence-electron chi connectivity index (χ0n) is 12.6. The third-order valence-corrected chi connectivity index (χ3v) is 2.63. The van der Waals surface area contributed by atoms with E-state index in [0.29, 0.717) is 32.1 Å². The average Bonchev–Trinajstić information content (AvgIpc) is 2.46. The highest BCUT2D eigenvalue weighted by Crippen LogP contribution is 2.18. The molecule has 2 N–H and O–H groups in total. The summed E-state index contributed by atoms with van der Waals surface area (Å²) in [4.78, 5) is 4.21. The van der Waals surface area contributed by atoms with Gasteiger partial charge in [0, 0.05) is 26.1 Å². The summed E-state index contributed by atoms with van der Waals surface area (Å²) < 4.78 is 41.8. The van der Waals surface area contributed by atoms with Crippen molar-refractivity contribution in [3.63, 3.8) is 0 Å². The number of halogens is 3. The predicted octanol–water partition coefficient (Wildman–Crippen LogP) is 2.96. The number of ether oxygens (including phenoxy) is 1. The molecule has 0 saturated carbocycles. The molecule has 124 valence electrons. The quantitative estimate of drug-likeness (QED) is 0.440. The zero-order chi connectivity index (χ0) is 16.3. The third kappa shape index (κ3) is 9.10. The summed E-state index contributed by atoms with van der Waals surface area (Å²) >= 11 is 0. The van der Waals surface area contributed by atoms with Crippen LogP contribution in [0.2, 0.25) is 0 Å². The van der Waals surface area contributed by atoms with Crippen LogP contribution in [-0.4, -0.2) is 38.4 Å². The predicted molar refractivity (Wildman–Crippen MR) is 81.2 cm³/mol. The Morgan fingerprint density at radius 1 is 1.18 bits per heavy atom. The molecule has 7 heteroatoms. The Morgan fingerprint density at radius 2 is 1.91 bits per heavy atom. The lowest BCUT2D eigenvalue weighted by molar-refractivity contribution is -0.132. The number of aliphatic imine (C=N–C) groups is 1. The molecule has 0 aliphatic rings. The molecule has 0 bridgehead atoms. The van der Waals surface area contributed by atoms with Crippen LogP contribution in [0.3, 0.4) is 0 Å². The molecule has 0 fully saturated rings. The summed E-state index contributed by atoms with van der Waals surface area (Å²) in [5.41, 5.74) is 0. The van der Waals surface area contributed by atoms with E-state index in [1.54, 1.807) is 0 Å². The lowest BCUT2D eigenvalue weighted by atomic mass is 10.3. The van der Waals surface area contributed by atoms with Crippen LogP contribution < -0.4 is 15.4 Å². The molecule has 0 atom stereocenters. The third-order valence-electron chi connectivity index (χ3n) is 2.63. The highest BCUT2D eigenvalue weighted by atomic mass is 19.4. The van der Waals surface area contributed by atoms with Gasteiger partial charge in [-0.1, -0.05) is 18.2 Å². The van der Waals surface area contributed by atoms with Crippen LogP contribution in [0.4, 0.5) is 13.2 Å². The Kier molecular flexibility index (Phi) is 8.17. The largest absolute Gasteiger partial charge is 0.494 e. The van der Waals surface area contributed by atoms with E-state index in [-0.39, 0.29) is 6.54 Å². The SMILES string of the molecule is CCNC(=NCCCOc1ccccc1)NCCC(F)(F)F. The number of nitrogens with one attached hydrogen (secondary N) is 2. The molecule has 1 aromatic rings. The van der Waals surface area contributed by atoms with Crippen molar-refractivity contribution < 1.29 is 17.9 Å². The molecular weight excluding hydrogens is 295 g/mol. The van der Waals surface area contributed by atoms with Crippen molar-refractivity contribution in [2.45, 2.75) is 25.9 Å². The van der Waals surface area contributed by atoms with E-state index >= 15 is 0 Å². The van der Waals surface area contributed by atoms with Crippen LogP contribution in [0.5, 0.6) is 5.75 Å². The van der Waals surface area contributed by atoms with Gasteiger partial charge in [-0.25, -0.2) is 0 Å². The van der Waals surface area contributed by atoms with Crippen LogP contribution in [0.1, 0.15) is 19.8 Å². The molecule has 4 nitrogen and oxygen atoms in total. The summed E-state index contributed by atoms with van der Waals surface area (Å²) in [5.74, 6) is 1.19. The first-order valence-electron chi connectivity index (χ1n) is 7.28. The Labute approximate surface area is 128 Å². The molecular formula is C15H22F3N3O. The van der Waals surface area contributed by atoms with Gasteiger partial charge in [0.2, 0.25) is 0 Å². The lowest BCUT2D eigenvalue weighted by Gasteiger charge is -2.12. The number of alkyl halides is 3. The highest BCUT2D eigenvalue weighted by Gasteiger charge is 2.26. The van der Waals surface area contributed by atoms with Crippen LogP contribution in [0, 0.1) is 0 Å². The summed E-state index contributed by atoms with van der Waals surface area (Å²) in [6.07, 6.45) is -4.35. The fourth-order valence-corrected chi connectivity index (χ4v) is 1.63. The van der Waals surface area contributed by atoms with Crippen LogP contribution in [0.25, 0.3) is 0 Å². The Morgan fingerprint density at radius 3 is 2.55 bits per heavy atom. The number of para-hydroxylation sites is 1. The summed E-state index contributed by atoms with van der Waals surface area (Å²) in [6.45, 7) is 3.26. The maximum absolute atomic E-state index is 12.1. The minimum absolute atomic E-state index is 0.185. The molecule has 0 aliphatic carbocycles. The van der Waals surface area contributed by atoms with Crippen molar-refractivity contribution in [2.24, 2.45) is 4.99 Å². The molecule has 0 spiro atoms. The van der Waals surface area contributed by atoms with Gasteiger partial charge < -0.3 is 15.4 Å². The fraction of sp³-hybridized carbons (Fsp3) is 0.533. The molecule has 0 heterocycles. The van der Waals surface area contributed by atoms with Gasteiger partial charge in [0.15, 0.2) is 5.96 Å². The van der Waals surface area contributed by atoms with E-state index < -0.39 is 12.6 Å². The second-order valence-electron chi connectivity index (χ2n) is 4.57. The van der Waals surface area contributed by atoms with E-state index in [9.17, 15) is 13.2 Å². The van der Waals surface area contributed by atoms with Gasteiger partial charge in [-0.15, -0.1) is 0 Å². The Hall–Kier alpha value is -1.92. The number of benzene rings is 1. The number of nitrogens with zero attached hydrogens (tertiary/aromatic N) is 1. The highest BCUT2D eigenvalue weighted by molar-refractivity contribution is 5.79. The maximum Gasteiger partial charge on any atom is 0.390 e. The molecule has 0 saturated heterocycles. The lowest BCUT2D eigenvalue weighted by Crippen LogP contribution is -2.39. The first-order chi connectivity index (χ1) is 10.5. The number of hydrogen-bond donors (Lipinski definition) is 2. The van der Waals surface area contributed by atoms with E-state index in [4.69, 9.17) is 4.74 Å². The van der Waals surface area contributed by atoms with Crippen LogP contribution >= 0.6 is 0 Å². The van der Waals surface area contributed by atoms with Gasteiger partial charge in [-0.05, 0) is 19.1 Å². The normalized spacial score (nSPS) is 12.1. The average molecular weight is 317 g/mol.